The van der Waals surface area contributed by atoms with Gasteiger partial charge < -0.3 is 4.90 Å². The van der Waals surface area contributed by atoms with Gasteiger partial charge >= 0.3 is 0 Å². The molecule has 0 N–H and O–H groups in total. The van der Waals surface area contributed by atoms with E-state index in [2.05, 4.69) is 235 Å². The van der Waals surface area contributed by atoms with E-state index in [4.69, 9.17) is 9.97 Å². The molecule has 292 valence electrons. The Morgan fingerprint density at radius 1 is 0.306 bits per heavy atom. The molecule has 0 saturated carbocycles. The molecule has 0 atom stereocenters. The van der Waals surface area contributed by atoms with Gasteiger partial charge in [-0.3, -0.25) is 0 Å². The van der Waals surface area contributed by atoms with Crippen molar-refractivity contribution in [1.29, 1.82) is 0 Å². The Hall–Kier alpha value is -8.14. The molecule has 0 saturated heterocycles. The van der Waals surface area contributed by atoms with Crippen LogP contribution in [0.2, 0.25) is 0 Å². The van der Waals surface area contributed by atoms with Crippen LogP contribution in [0.1, 0.15) is 11.1 Å². The first-order valence-electron chi connectivity index (χ1n) is 21.2. The summed E-state index contributed by atoms with van der Waals surface area (Å²) in [5.74, 6) is 0.701. The van der Waals surface area contributed by atoms with Gasteiger partial charge in [0.2, 0.25) is 0 Å². The molecule has 10 aromatic rings. The Bertz CT molecular complexity index is 3040. The zero-order valence-electron chi connectivity index (χ0n) is 34.1. The summed E-state index contributed by atoms with van der Waals surface area (Å²) in [6, 6.07) is 84.2. The van der Waals surface area contributed by atoms with Crippen LogP contribution in [-0.2, 0) is 6.42 Å². The molecule has 0 amide bonds. The lowest BCUT2D eigenvalue weighted by Gasteiger charge is -2.28. The van der Waals surface area contributed by atoms with Crippen molar-refractivity contribution < 1.29 is 0 Å². The van der Waals surface area contributed by atoms with Gasteiger partial charge in [-0.25, -0.2) is 9.97 Å². The van der Waals surface area contributed by atoms with E-state index in [1.807, 2.05) is 6.07 Å². The fourth-order valence-corrected chi connectivity index (χ4v) is 8.80. The number of hydrogen-bond acceptors (Lipinski definition) is 3. The first-order valence-corrected chi connectivity index (χ1v) is 21.2. The zero-order chi connectivity index (χ0) is 41.2. The Morgan fingerprint density at radius 2 is 0.742 bits per heavy atom. The number of rotatable bonds is 9. The quantitative estimate of drug-likeness (QED) is 0.146. The SMILES string of the molecule is c1ccc(-c2ccc(-c3cc(-c4ccc5c(c4)Cc4cccc(N(c6ccccc6)c6ccc(-c7ccccc7)cc6)c4-5)nc(-c4ccc(-c5ccccc5)cc4)n3)cc2)cc1. The second-order valence-electron chi connectivity index (χ2n) is 15.8. The van der Waals surface area contributed by atoms with Gasteiger partial charge in [-0.1, -0.05) is 194 Å². The van der Waals surface area contributed by atoms with Crippen molar-refractivity contribution >= 4 is 17.1 Å². The molecular weight excluding hydrogens is 751 g/mol. The molecule has 62 heavy (non-hydrogen) atoms. The molecule has 0 bridgehead atoms. The normalized spacial score (nSPS) is 11.5. The largest absolute Gasteiger partial charge is 0.310 e. The van der Waals surface area contributed by atoms with Gasteiger partial charge in [0.05, 0.1) is 17.1 Å². The van der Waals surface area contributed by atoms with Gasteiger partial charge in [-0.2, -0.15) is 0 Å². The number of anilines is 3. The number of nitrogens with zero attached hydrogens (tertiary/aromatic N) is 3. The summed E-state index contributed by atoms with van der Waals surface area (Å²) in [4.78, 5) is 12.9. The van der Waals surface area contributed by atoms with Crippen molar-refractivity contribution in [3.63, 3.8) is 0 Å². The Morgan fingerprint density at radius 3 is 1.31 bits per heavy atom. The zero-order valence-corrected chi connectivity index (χ0v) is 34.1. The maximum atomic E-state index is 5.28. The van der Waals surface area contributed by atoms with E-state index >= 15 is 0 Å². The smallest absolute Gasteiger partial charge is 0.160 e. The summed E-state index contributed by atoms with van der Waals surface area (Å²) in [5, 5.41) is 0. The molecule has 0 spiro atoms. The number of benzene rings is 9. The van der Waals surface area contributed by atoms with E-state index in [1.165, 1.54) is 50.1 Å². The van der Waals surface area contributed by atoms with Crippen LogP contribution in [-0.4, -0.2) is 9.97 Å². The number of aromatic nitrogens is 2. The van der Waals surface area contributed by atoms with Crippen LogP contribution in [0.25, 0.3) is 78.4 Å². The first kappa shape index (κ1) is 36.9. The lowest BCUT2D eigenvalue weighted by atomic mass is 9.98. The molecule has 11 rings (SSSR count). The van der Waals surface area contributed by atoms with Crippen molar-refractivity contribution in [1.82, 2.24) is 9.97 Å². The van der Waals surface area contributed by atoms with Crippen molar-refractivity contribution in [2.45, 2.75) is 6.42 Å². The molecule has 3 heteroatoms. The van der Waals surface area contributed by atoms with Crippen LogP contribution in [0.15, 0.2) is 237 Å². The monoisotopic (exact) mass is 791 g/mol. The van der Waals surface area contributed by atoms with Crippen LogP contribution >= 0.6 is 0 Å². The van der Waals surface area contributed by atoms with Gasteiger partial charge in [0, 0.05) is 33.6 Å². The van der Waals surface area contributed by atoms with Gasteiger partial charge in [0.15, 0.2) is 5.82 Å². The topological polar surface area (TPSA) is 29.0 Å². The second-order valence-corrected chi connectivity index (χ2v) is 15.8. The van der Waals surface area contributed by atoms with E-state index in [0.29, 0.717) is 5.82 Å². The lowest BCUT2D eigenvalue weighted by molar-refractivity contribution is 1.18. The van der Waals surface area contributed by atoms with Gasteiger partial charge in [-0.15, -0.1) is 0 Å². The molecule has 0 fully saturated rings. The van der Waals surface area contributed by atoms with E-state index in [1.54, 1.807) is 0 Å². The van der Waals surface area contributed by atoms with Crippen LogP contribution in [0, 0.1) is 0 Å². The van der Waals surface area contributed by atoms with Crippen LogP contribution in [0.5, 0.6) is 0 Å². The van der Waals surface area contributed by atoms with Crippen molar-refractivity contribution in [2.24, 2.45) is 0 Å². The summed E-state index contributed by atoms with van der Waals surface area (Å²) in [7, 11) is 0. The molecule has 1 aliphatic rings. The number of para-hydroxylation sites is 1. The van der Waals surface area contributed by atoms with Gasteiger partial charge in [0.25, 0.3) is 0 Å². The van der Waals surface area contributed by atoms with Crippen molar-refractivity contribution in [3.05, 3.63) is 248 Å². The number of fused-ring (bicyclic) bond motifs is 3. The van der Waals surface area contributed by atoms with Crippen molar-refractivity contribution in [3.8, 4) is 78.4 Å². The van der Waals surface area contributed by atoms with E-state index in [9.17, 15) is 0 Å². The highest BCUT2D eigenvalue weighted by molar-refractivity contribution is 5.94. The molecule has 9 aromatic carbocycles. The molecule has 1 heterocycles. The maximum absolute atomic E-state index is 5.28. The minimum atomic E-state index is 0.701. The summed E-state index contributed by atoms with van der Waals surface area (Å²) >= 11 is 0. The molecule has 1 aliphatic carbocycles. The van der Waals surface area contributed by atoms with E-state index < -0.39 is 0 Å². The summed E-state index contributed by atoms with van der Waals surface area (Å²) in [5.41, 5.74) is 20.5. The van der Waals surface area contributed by atoms with E-state index in [-0.39, 0.29) is 0 Å². The van der Waals surface area contributed by atoms with Crippen LogP contribution < -0.4 is 4.90 Å². The standard InChI is InChI=1S/C59H41N3/c1-5-14-41(15-6-1)44-24-28-47(29-25-44)55-40-56(61-59(60-55)48-30-26-45(27-31-48)42-16-7-2-8-17-42)49-34-37-54-51(38-49)39-50-20-13-23-57(58(50)54)62(52-21-11-4-12-22-52)53-35-32-46(33-36-53)43-18-9-3-10-19-43/h1-38,40H,39H2. The molecule has 3 nitrogen and oxygen atoms in total. The highest BCUT2D eigenvalue weighted by Crippen LogP contribution is 2.48. The third-order valence-corrected chi connectivity index (χ3v) is 11.9. The lowest BCUT2D eigenvalue weighted by Crippen LogP contribution is -2.11. The molecular formula is C59H41N3. The van der Waals surface area contributed by atoms with Crippen molar-refractivity contribution in [2.75, 3.05) is 4.90 Å². The number of hydrogen-bond donors (Lipinski definition) is 0. The Kier molecular flexibility index (Phi) is 9.61. The fourth-order valence-electron chi connectivity index (χ4n) is 8.80. The average molecular weight is 792 g/mol. The minimum absolute atomic E-state index is 0.701. The highest BCUT2D eigenvalue weighted by Gasteiger charge is 2.26. The van der Waals surface area contributed by atoms with Crippen LogP contribution in [0.4, 0.5) is 17.1 Å². The maximum Gasteiger partial charge on any atom is 0.160 e. The molecule has 0 aliphatic heterocycles. The predicted molar refractivity (Wildman–Crippen MR) is 258 cm³/mol. The Labute approximate surface area is 363 Å². The molecule has 0 unspecified atom stereocenters. The summed E-state index contributed by atoms with van der Waals surface area (Å²) in [6.45, 7) is 0. The summed E-state index contributed by atoms with van der Waals surface area (Å²) in [6.07, 6.45) is 0.842. The highest BCUT2D eigenvalue weighted by atomic mass is 15.1. The third-order valence-electron chi connectivity index (χ3n) is 11.9. The molecule has 1 aromatic heterocycles. The average Bonchev–Trinajstić information content (AvgIpc) is 3.74. The molecule has 0 radical (unpaired) electrons. The first-order chi connectivity index (χ1) is 30.7. The second kappa shape index (κ2) is 16.1. The predicted octanol–water partition coefficient (Wildman–Crippen LogP) is 15.5. The Balaban J connectivity index is 0.986. The van der Waals surface area contributed by atoms with E-state index in [0.717, 1.165) is 57.1 Å². The fraction of sp³-hybridized carbons (Fsp3) is 0.0169. The summed E-state index contributed by atoms with van der Waals surface area (Å²) < 4.78 is 0. The van der Waals surface area contributed by atoms with Gasteiger partial charge in [0.1, 0.15) is 0 Å². The van der Waals surface area contributed by atoms with Crippen LogP contribution in [0.3, 0.4) is 0 Å². The third kappa shape index (κ3) is 7.16. The minimum Gasteiger partial charge on any atom is -0.310 e. The van der Waals surface area contributed by atoms with Gasteiger partial charge in [-0.05, 0) is 99.0 Å².